The van der Waals surface area contributed by atoms with Crippen LogP contribution in [0.3, 0.4) is 0 Å². The van der Waals surface area contributed by atoms with E-state index in [9.17, 15) is 14.4 Å². The highest BCUT2D eigenvalue weighted by atomic mass is 32.2. The molecule has 3 atom stereocenters. The van der Waals surface area contributed by atoms with E-state index in [4.69, 9.17) is 4.74 Å². The maximum absolute atomic E-state index is 13.2. The standard InChI is InChI=1S/C21H28N2O4S2/c1-19(2,3)27-18(26)21(28-6)20(4,5)29-17-15(16(25)23(17)21)22-14(24)12-13-10-8-7-9-11-13/h7-11,15,17H,12H2,1-6H3,(H,22,24)/t15-,17+,21+/m0/s1. The number of fused-ring (bicyclic) bond motifs is 1. The summed E-state index contributed by atoms with van der Waals surface area (Å²) in [4.78, 5) is 39.2. The second-order valence-corrected chi connectivity index (χ2v) is 11.5. The molecular formula is C21H28N2O4S2. The lowest BCUT2D eigenvalue weighted by Gasteiger charge is -2.50. The van der Waals surface area contributed by atoms with Gasteiger partial charge in [0.1, 0.15) is 17.0 Å². The van der Waals surface area contributed by atoms with E-state index in [1.807, 2.05) is 71.2 Å². The SMILES string of the molecule is CS[C@@]1(C(=O)OC(C)(C)C)N2C(=O)[C@H](NC(=O)Cc3ccccc3)[C@H]2SC1(C)C. The number of carbonyl (C=O) groups excluding carboxylic acids is 3. The molecule has 0 bridgehead atoms. The number of benzene rings is 1. The van der Waals surface area contributed by atoms with Crippen molar-refractivity contribution < 1.29 is 19.1 Å². The molecule has 0 spiro atoms. The van der Waals surface area contributed by atoms with Crippen LogP contribution in [0.1, 0.15) is 40.2 Å². The van der Waals surface area contributed by atoms with Gasteiger partial charge in [0.2, 0.25) is 10.8 Å². The number of ether oxygens (including phenoxy) is 1. The van der Waals surface area contributed by atoms with E-state index < -0.39 is 27.2 Å². The van der Waals surface area contributed by atoms with E-state index in [0.717, 1.165) is 5.56 Å². The fourth-order valence-electron chi connectivity index (χ4n) is 3.85. The molecule has 158 valence electrons. The average molecular weight is 437 g/mol. The second-order valence-electron chi connectivity index (χ2n) is 8.78. The van der Waals surface area contributed by atoms with E-state index in [-0.39, 0.29) is 23.6 Å². The summed E-state index contributed by atoms with van der Waals surface area (Å²) >= 11 is 2.86. The van der Waals surface area contributed by atoms with Gasteiger partial charge in [-0.2, -0.15) is 0 Å². The van der Waals surface area contributed by atoms with Crippen LogP contribution in [-0.4, -0.2) is 55.6 Å². The van der Waals surface area contributed by atoms with Gasteiger partial charge in [-0.25, -0.2) is 4.79 Å². The van der Waals surface area contributed by atoms with Crippen molar-refractivity contribution in [1.82, 2.24) is 10.2 Å². The fourth-order valence-corrected chi connectivity index (χ4v) is 7.04. The summed E-state index contributed by atoms with van der Waals surface area (Å²) in [5, 5.41) is 2.57. The molecule has 0 unspecified atom stereocenters. The third-order valence-electron chi connectivity index (χ3n) is 5.11. The van der Waals surface area contributed by atoms with Crippen molar-refractivity contribution in [3.05, 3.63) is 35.9 Å². The number of esters is 1. The fraction of sp³-hybridized carbons (Fsp3) is 0.571. The van der Waals surface area contributed by atoms with Gasteiger partial charge in [-0.1, -0.05) is 30.3 Å². The molecule has 0 radical (unpaired) electrons. The first-order valence-corrected chi connectivity index (χ1v) is 11.7. The van der Waals surface area contributed by atoms with Crippen molar-refractivity contribution >= 4 is 41.3 Å². The first kappa shape index (κ1) is 22.0. The molecule has 1 aromatic carbocycles. The van der Waals surface area contributed by atoms with Crippen molar-refractivity contribution in [2.24, 2.45) is 0 Å². The number of amides is 2. The van der Waals surface area contributed by atoms with Crippen LogP contribution in [0.4, 0.5) is 0 Å². The minimum atomic E-state index is -1.13. The Kier molecular flexibility index (Phi) is 5.73. The van der Waals surface area contributed by atoms with Crippen LogP contribution in [-0.2, 0) is 25.5 Å². The van der Waals surface area contributed by atoms with Gasteiger partial charge in [0.05, 0.1) is 11.2 Å². The second kappa shape index (κ2) is 7.54. The van der Waals surface area contributed by atoms with Crippen LogP contribution < -0.4 is 5.32 Å². The molecule has 2 amide bonds. The van der Waals surface area contributed by atoms with Crippen LogP contribution in [0, 0.1) is 0 Å². The lowest BCUT2D eigenvalue weighted by molar-refractivity contribution is -0.174. The smallest absolute Gasteiger partial charge is 0.344 e. The lowest BCUT2D eigenvalue weighted by atomic mass is 9.94. The van der Waals surface area contributed by atoms with Crippen molar-refractivity contribution in [3.8, 4) is 0 Å². The van der Waals surface area contributed by atoms with Crippen molar-refractivity contribution in [2.45, 2.75) is 67.7 Å². The Morgan fingerprint density at radius 1 is 1.24 bits per heavy atom. The highest BCUT2D eigenvalue weighted by molar-refractivity contribution is 8.06. The minimum absolute atomic E-state index is 0.202. The Morgan fingerprint density at radius 2 is 1.86 bits per heavy atom. The van der Waals surface area contributed by atoms with Crippen LogP contribution >= 0.6 is 23.5 Å². The van der Waals surface area contributed by atoms with Crippen molar-refractivity contribution in [1.29, 1.82) is 0 Å². The average Bonchev–Trinajstić information content (AvgIpc) is 2.84. The third-order valence-corrected chi connectivity index (χ3v) is 8.31. The van der Waals surface area contributed by atoms with Crippen LogP contribution in [0.2, 0.25) is 0 Å². The molecule has 8 heteroatoms. The van der Waals surface area contributed by atoms with Crippen LogP contribution in [0.25, 0.3) is 0 Å². The molecule has 6 nitrogen and oxygen atoms in total. The summed E-state index contributed by atoms with van der Waals surface area (Å²) in [6.07, 6.45) is 2.04. The Labute approximate surface area is 180 Å². The van der Waals surface area contributed by atoms with E-state index in [1.165, 1.54) is 23.5 Å². The molecule has 3 rings (SSSR count). The zero-order valence-corrected chi connectivity index (χ0v) is 19.3. The maximum Gasteiger partial charge on any atom is 0.344 e. The number of rotatable bonds is 5. The summed E-state index contributed by atoms with van der Waals surface area (Å²) in [7, 11) is 0. The van der Waals surface area contributed by atoms with E-state index in [1.54, 1.807) is 4.90 Å². The van der Waals surface area contributed by atoms with Gasteiger partial charge in [-0.15, -0.1) is 23.5 Å². The Hall–Kier alpha value is -1.67. The first-order valence-electron chi connectivity index (χ1n) is 9.56. The molecule has 2 saturated heterocycles. The number of nitrogens with zero attached hydrogens (tertiary/aromatic N) is 1. The normalized spacial score (nSPS) is 27.8. The highest BCUT2D eigenvalue weighted by Gasteiger charge is 2.73. The van der Waals surface area contributed by atoms with Crippen LogP contribution in [0.15, 0.2) is 30.3 Å². The van der Waals surface area contributed by atoms with Gasteiger partial charge in [0.25, 0.3) is 5.91 Å². The van der Waals surface area contributed by atoms with Crippen LogP contribution in [0.5, 0.6) is 0 Å². The Bertz CT molecular complexity index is 822. The molecule has 2 aliphatic heterocycles. The molecular weight excluding hydrogens is 408 g/mol. The molecule has 2 aliphatic rings. The zero-order chi connectivity index (χ0) is 21.6. The Balaban J connectivity index is 1.78. The summed E-state index contributed by atoms with van der Waals surface area (Å²) in [5.41, 5.74) is 0.232. The summed E-state index contributed by atoms with van der Waals surface area (Å²) in [6, 6.07) is 8.77. The molecule has 29 heavy (non-hydrogen) atoms. The first-order chi connectivity index (χ1) is 13.4. The molecule has 2 fully saturated rings. The predicted octanol–water partition coefficient (Wildman–Crippen LogP) is 2.81. The van der Waals surface area contributed by atoms with E-state index in [2.05, 4.69) is 5.32 Å². The van der Waals surface area contributed by atoms with Gasteiger partial charge < -0.3 is 15.0 Å². The molecule has 0 aliphatic carbocycles. The van der Waals surface area contributed by atoms with Gasteiger partial charge >= 0.3 is 5.97 Å². The summed E-state index contributed by atoms with van der Waals surface area (Å²) in [5.74, 6) is -0.860. The largest absolute Gasteiger partial charge is 0.458 e. The van der Waals surface area contributed by atoms with Gasteiger partial charge in [-0.3, -0.25) is 9.59 Å². The molecule has 2 heterocycles. The zero-order valence-electron chi connectivity index (χ0n) is 17.6. The van der Waals surface area contributed by atoms with E-state index in [0.29, 0.717) is 0 Å². The summed E-state index contributed by atoms with van der Waals surface area (Å²) in [6.45, 7) is 9.35. The quantitative estimate of drug-likeness (QED) is 0.565. The van der Waals surface area contributed by atoms with Gasteiger partial charge in [0.15, 0.2) is 0 Å². The summed E-state index contributed by atoms with van der Waals surface area (Å²) < 4.78 is 5.12. The monoisotopic (exact) mass is 436 g/mol. The number of nitrogens with one attached hydrogen (secondary N) is 1. The lowest BCUT2D eigenvalue weighted by Crippen LogP contribution is -2.75. The predicted molar refractivity (Wildman–Crippen MR) is 116 cm³/mol. The van der Waals surface area contributed by atoms with Crippen molar-refractivity contribution in [2.75, 3.05) is 6.26 Å². The molecule has 1 aromatic rings. The van der Waals surface area contributed by atoms with E-state index >= 15 is 0 Å². The van der Waals surface area contributed by atoms with Gasteiger partial charge in [-0.05, 0) is 46.4 Å². The third kappa shape index (κ3) is 3.77. The topological polar surface area (TPSA) is 75.7 Å². The Morgan fingerprint density at radius 3 is 2.41 bits per heavy atom. The number of hydrogen-bond donors (Lipinski definition) is 1. The number of carbonyl (C=O) groups is 3. The minimum Gasteiger partial charge on any atom is -0.458 e. The molecule has 1 N–H and O–H groups in total. The maximum atomic E-state index is 13.2. The van der Waals surface area contributed by atoms with Gasteiger partial charge in [0, 0.05) is 0 Å². The van der Waals surface area contributed by atoms with Crippen molar-refractivity contribution in [3.63, 3.8) is 0 Å². The number of β-lactam (4-membered cyclic amide) rings is 1. The number of thioether (sulfide) groups is 2. The number of hydrogen-bond acceptors (Lipinski definition) is 6. The molecule has 0 saturated carbocycles. The highest BCUT2D eigenvalue weighted by Crippen LogP contribution is 2.61. The molecule has 0 aromatic heterocycles.